The summed E-state index contributed by atoms with van der Waals surface area (Å²) in [4.78, 5) is 19.7. The van der Waals surface area contributed by atoms with E-state index in [1.54, 1.807) is 19.2 Å². The van der Waals surface area contributed by atoms with Gasteiger partial charge in [0, 0.05) is 43.5 Å². The molecular formula is C26H28FN5O. The number of aromatic nitrogens is 4. The number of halogens is 1. The molecular weight excluding hydrogens is 417 g/mol. The molecule has 4 heterocycles. The quantitative estimate of drug-likeness (QED) is 0.466. The van der Waals surface area contributed by atoms with Crippen molar-refractivity contribution in [3.8, 4) is 11.3 Å². The molecule has 4 aromatic rings. The number of fused-ring (bicyclic) bond motifs is 1. The van der Waals surface area contributed by atoms with Crippen LogP contribution >= 0.6 is 0 Å². The molecule has 5 rings (SSSR count). The monoisotopic (exact) mass is 445 g/mol. The molecule has 1 aromatic carbocycles. The SMILES string of the molecule is Cc1cc(CCC(=O)N2C[C@H](Cn3ccc4nc(-c5cn[nH]c5)ccc43)C[C@H]2C)ccc1F. The highest BCUT2D eigenvalue weighted by molar-refractivity contribution is 5.79. The average molecular weight is 446 g/mol. The first-order chi connectivity index (χ1) is 16.0. The zero-order valence-corrected chi connectivity index (χ0v) is 19.0. The highest BCUT2D eigenvalue weighted by Crippen LogP contribution is 2.28. The van der Waals surface area contributed by atoms with Gasteiger partial charge in [-0.2, -0.15) is 5.10 Å². The van der Waals surface area contributed by atoms with Gasteiger partial charge >= 0.3 is 0 Å². The summed E-state index contributed by atoms with van der Waals surface area (Å²) in [7, 11) is 0. The van der Waals surface area contributed by atoms with E-state index in [0.717, 1.165) is 47.4 Å². The minimum absolute atomic E-state index is 0.177. The van der Waals surface area contributed by atoms with Gasteiger partial charge in [-0.05, 0) is 68.0 Å². The van der Waals surface area contributed by atoms with Gasteiger partial charge in [-0.3, -0.25) is 9.89 Å². The van der Waals surface area contributed by atoms with E-state index in [0.29, 0.717) is 24.3 Å². The van der Waals surface area contributed by atoms with Crippen molar-refractivity contribution >= 4 is 16.9 Å². The fourth-order valence-corrected chi connectivity index (χ4v) is 4.94. The summed E-state index contributed by atoms with van der Waals surface area (Å²) in [5.74, 6) is 0.378. The highest BCUT2D eigenvalue weighted by Gasteiger charge is 2.32. The highest BCUT2D eigenvalue weighted by atomic mass is 19.1. The Morgan fingerprint density at radius 2 is 2.12 bits per heavy atom. The molecule has 0 radical (unpaired) electrons. The molecule has 0 bridgehead atoms. The van der Waals surface area contributed by atoms with Crippen LogP contribution in [-0.2, 0) is 17.8 Å². The van der Waals surface area contributed by atoms with Gasteiger partial charge in [-0.1, -0.05) is 12.1 Å². The van der Waals surface area contributed by atoms with Gasteiger partial charge in [0.25, 0.3) is 0 Å². The van der Waals surface area contributed by atoms with Crippen molar-refractivity contribution in [2.45, 2.75) is 45.7 Å². The number of hydrogen-bond donors (Lipinski definition) is 1. The lowest BCUT2D eigenvalue weighted by molar-refractivity contribution is -0.131. The molecule has 170 valence electrons. The normalized spacial score (nSPS) is 18.3. The van der Waals surface area contributed by atoms with Crippen LogP contribution in [0.15, 0.2) is 55.0 Å². The Bertz CT molecular complexity index is 1280. The zero-order chi connectivity index (χ0) is 22.9. The minimum atomic E-state index is -0.202. The third kappa shape index (κ3) is 4.40. The second-order valence-corrected chi connectivity index (χ2v) is 9.14. The van der Waals surface area contributed by atoms with Gasteiger partial charge in [0.15, 0.2) is 0 Å². The maximum Gasteiger partial charge on any atom is 0.223 e. The van der Waals surface area contributed by atoms with Crippen molar-refractivity contribution < 1.29 is 9.18 Å². The molecule has 0 unspecified atom stereocenters. The number of aromatic amines is 1. The second kappa shape index (κ2) is 8.81. The largest absolute Gasteiger partial charge is 0.346 e. The fourth-order valence-electron chi connectivity index (χ4n) is 4.94. The van der Waals surface area contributed by atoms with Crippen LogP contribution in [0.25, 0.3) is 22.3 Å². The molecule has 2 atom stereocenters. The Hall–Kier alpha value is -3.48. The zero-order valence-electron chi connectivity index (χ0n) is 19.0. The van der Waals surface area contributed by atoms with Crippen molar-refractivity contribution in [2.24, 2.45) is 5.92 Å². The van der Waals surface area contributed by atoms with E-state index in [2.05, 4.69) is 34.0 Å². The molecule has 1 amide bonds. The summed E-state index contributed by atoms with van der Waals surface area (Å²) in [5, 5.41) is 6.83. The number of likely N-dealkylation sites (tertiary alicyclic amines) is 1. The molecule has 1 saturated heterocycles. The molecule has 0 spiro atoms. The smallest absolute Gasteiger partial charge is 0.223 e. The van der Waals surface area contributed by atoms with E-state index in [4.69, 9.17) is 4.98 Å². The Morgan fingerprint density at radius 3 is 2.91 bits per heavy atom. The lowest BCUT2D eigenvalue weighted by Gasteiger charge is -2.21. The number of amides is 1. The molecule has 7 heteroatoms. The van der Waals surface area contributed by atoms with Crippen LogP contribution < -0.4 is 0 Å². The summed E-state index contributed by atoms with van der Waals surface area (Å²) in [6.07, 6.45) is 7.78. The van der Waals surface area contributed by atoms with Crippen LogP contribution in [0.4, 0.5) is 4.39 Å². The molecule has 1 fully saturated rings. The van der Waals surface area contributed by atoms with Gasteiger partial charge < -0.3 is 9.47 Å². The summed E-state index contributed by atoms with van der Waals surface area (Å²) >= 11 is 0. The fraction of sp³-hybridized carbons (Fsp3) is 0.346. The summed E-state index contributed by atoms with van der Waals surface area (Å²) in [5.41, 5.74) is 5.57. The number of pyridine rings is 1. The van der Waals surface area contributed by atoms with Crippen molar-refractivity contribution in [1.82, 2.24) is 24.6 Å². The van der Waals surface area contributed by atoms with Crippen LogP contribution in [-0.4, -0.2) is 43.1 Å². The number of benzene rings is 1. The predicted octanol–water partition coefficient (Wildman–Crippen LogP) is 4.74. The van der Waals surface area contributed by atoms with E-state index >= 15 is 0 Å². The molecule has 1 aliphatic heterocycles. The number of nitrogens with zero attached hydrogens (tertiary/aromatic N) is 4. The number of carbonyl (C=O) groups excluding carboxylic acids is 1. The van der Waals surface area contributed by atoms with Crippen molar-refractivity contribution in [3.05, 3.63) is 71.9 Å². The van der Waals surface area contributed by atoms with E-state index in [-0.39, 0.29) is 17.8 Å². The Labute approximate surface area is 192 Å². The number of H-pyrrole nitrogens is 1. The Kier molecular flexibility index (Phi) is 5.70. The van der Waals surface area contributed by atoms with E-state index in [9.17, 15) is 9.18 Å². The summed E-state index contributed by atoms with van der Waals surface area (Å²) in [6, 6.07) is 11.5. The number of nitrogens with one attached hydrogen (secondary N) is 1. The van der Waals surface area contributed by atoms with Gasteiger partial charge in [0.2, 0.25) is 5.91 Å². The molecule has 3 aromatic heterocycles. The number of rotatable bonds is 6. The van der Waals surface area contributed by atoms with Crippen LogP contribution in [0, 0.1) is 18.7 Å². The summed E-state index contributed by atoms with van der Waals surface area (Å²) < 4.78 is 15.7. The van der Waals surface area contributed by atoms with Crippen molar-refractivity contribution in [1.29, 1.82) is 0 Å². The van der Waals surface area contributed by atoms with Gasteiger partial charge in [0.05, 0.1) is 22.9 Å². The van der Waals surface area contributed by atoms with Crippen LogP contribution in [0.2, 0.25) is 0 Å². The van der Waals surface area contributed by atoms with Crippen molar-refractivity contribution in [2.75, 3.05) is 6.54 Å². The third-order valence-electron chi connectivity index (χ3n) is 6.70. The average Bonchev–Trinajstić information content (AvgIpc) is 3.55. The number of aryl methyl sites for hydroxylation is 2. The Balaban J connectivity index is 1.22. The first-order valence-electron chi connectivity index (χ1n) is 11.5. The standard InChI is InChI=1S/C26H28FN5O/c1-17-11-19(3-5-22(17)27)4-8-26(33)32-16-20(12-18(32)2)15-31-10-9-24-25(31)7-6-23(30-24)21-13-28-29-14-21/h3,5-7,9-11,13-14,18,20H,4,8,12,15-16H2,1-2H3,(H,28,29)/t18-,20+/m1/s1. The van der Waals surface area contributed by atoms with Gasteiger partial charge in [-0.15, -0.1) is 0 Å². The molecule has 0 saturated carbocycles. The lowest BCUT2D eigenvalue weighted by atomic mass is 10.1. The topological polar surface area (TPSA) is 66.8 Å². The molecule has 0 aliphatic carbocycles. The third-order valence-corrected chi connectivity index (χ3v) is 6.70. The maximum absolute atomic E-state index is 13.5. The molecule has 1 aliphatic rings. The van der Waals surface area contributed by atoms with E-state index < -0.39 is 0 Å². The number of carbonyl (C=O) groups is 1. The second-order valence-electron chi connectivity index (χ2n) is 9.14. The van der Waals surface area contributed by atoms with Gasteiger partial charge in [0.1, 0.15) is 5.82 Å². The maximum atomic E-state index is 13.5. The molecule has 1 N–H and O–H groups in total. The van der Waals surface area contributed by atoms with Crippen LogP contribution in [0.5, 0.6) is 0 Å². The molecule has 6 nitrogen and oxygen atoms in total. The van der Waals surface area contributed by atoms with Gasteiger partial charge in [-0.25, -0.2) is 9.37 Å². The minimum Gasteiger partial charge on any atom is -0.346 e. The Morgan fingerprint density at radius 1 is 1.24 bits per heavy atom. The summed E-state index contributed by atoms with van der Waals surface area (Å²) in [6.45, 7) is 5.52. The number of hydrogen-bond acceptors (Lipinski definition) is 3. The van der Waals surface area contributed by atoms with E-state index in [1.165, 1.54) is 6.07 Å². The lowest BCUT2D eigenvalue weighted by Crippen LogP contribution is -2.34. The first-order valence-corrected chi connectivity index (χ1v) is 11.5. The first kappa shape index (κ1) is 21.4. The van der Waals surface area contributed by atoms with E-state index in [1.807, 2.05) is 29.3 Å². The van der Waals surface area contributed by atoms with Crippen molar-refractivity contribution in [3.63, 3.8) is 0 Å². The predicted molar refractivity (Wildman–Crippen MR) is 126 cm³/mol. The van der Waals surface area contributed by atoms with Crippen LogP contribution in [0.3, 0.4) is 0 Å². The van der Waals surface area contributed by atoms with Crippen LogP contribution in [0.1, 0.15) is 30.9 Å². The molecule has 33 heavy (non-hydrogen) atoms.